The molecular weight excluding hydrogens is 156 g/mol. The fourth-order valence-electron chi connectivity index (χ4n) is 1.31. The van der Waals surface area contributed by atoms with E-state index in [0.717, 1.165) is 6.54 Å². The Bertz CT molecular complexity index is 203. The molecular formula is C8H14N2O2. The van der Waals surface area contributed by atoms with E-state index >= 15 is 0 Å². The van der Waals surface area contributed by atoms with E-state index in [-0.39, 0.29) is 18.4 Å². The van der Waals surface area contributed by atoms with Gasteiger partial charge in [-0.05, 0) is 6.92 Å². The van der Waals surface area contributed by atoms with Crippen LogP contribution in [0.3, 0.4) is 0 Å². The van der Waals surface area contributed by atoms with Crippen LogP contribution in [0.5, 0.6) is 0 Å². The molecule has 0 saturated carbocycles. The molecule has 0 aliphatic carbocycles. The lowest BCUT2D eigenvalue weighted by atomic mass is 10.3. The van der Waals surface area contributed by atoms with Gasteiger partial charge in [-0.1, -0.05) is 0 Å². The average Bonchev–Trinajstić information content (AvgIpc) is 2.04. The average molecular weight is 170 g/mol. The van der Waals surface area contributed by atoms with E-state index in [1.54, 1.807) is 9.80 Å². The first-order chi connectivity index (χ1) is 5.65. The van der Waals surface area contributed by atoms with Gasteiger partial charge in [-0.25, -0.2) is 0 Å². The predicted molar refractivity (Wildman–Crippen MR) is 44.5 cm³/mol. The standard InChI is InChI=1S/C8H14N2O2/c1-3-9-4-5-10(7(2)11)6-8(9)12/h3-6H2,1-2H3. The van der Waals surface area contributed by atoms with Gasteiger partial charge in [0.1, 0.15) is 0 Å². The van der Waals surface area contributed by atoms with E-state index in [2.05, 4.69) is 0 Å². The maximum Gasteiger partial charge on any atom is 0.242 e. The molecule has 4 heteroatoms. The highest BCUT2D eigenvalue weighted by atomic mass is 16.2. The van der Waals surface area contributed by atoms with Crippen molar-refractivity contribution < 1.29 is 9.59 Å². The molecule has 0 unspecified atom stereocenters. The van der Waals surface area contributed by atoms with Crippen LogP contribution in [-0.2, 0) is 9.59 Å². The van der Waals surface area contributed by atoms with Gasteiger partial charge >= 0.3 is 0 Å². The molecule has 1 aliphatic rings. The molecule has 0 atom stereocenters. The summed E-state index contributed by atoms with van der Waals surface area (Å²) in [4.78, 5) is 25.5. The molecule has 0 bridgehead atoms. The monoisotopic (exact) mass is 170 g/mol. The van der Waals surface area contributed by atoms with E-state index in [1.165, 1.54) is 6.92 Å². The van der Waals surface area contributed by atoms with Crippen molar-refractivity contribution in [1.29, 1.82) is 0 Å². The van der Waals surface area contributed by atoms with Gasteiger partial charge in [-0.2, -0.15) is 0 Å². The highest BCUT2D eigenvalue weighted by Crippen LogP contribution is 2.02. The Labute approximate surface area is 72.1 Å². The number of hydrogen-bond acceptors (Lipinski definition) is 2. The summed E-state index contributed by atoms with van der Waals surface area (Å²) >= 11 is 0. The Morgan fingerprint density at radius 3 is 2.58 bits per heavy atom. The molecule has 1 rings (SSSR count). The minimum atomic E-state index is -0.0147. The molecule has 0 N–H and O–H groups in total. The molecule has 12 heavy (non-hydrogen) atoms. The van der Waals surface area contributed by atoms with E-state index < -0.39 is 0 Å². The molecule has 0 radical (unpaired) electrons. The number of nitrogens with zero attached hydrogens (tertiary/aromatic N) is 2. The van der Waals surface area contributed by atoms with Crippen molar-refractivity contribution >= 4 is 11.8 Å². The zero-order chi connectivity index (χ0) is 9.14. The second kappa shape index (κ2) is 3.56. The third-order valence-corrected chi connectivity index (χ3v) is 2.15. The number of piperazine rings is 1. The van der Waals surface area contributed by atoms with E-state index in [0.29, 0.717) is 13.1 Å². The first-order valence-electron chi connectivity index (χ1n) is 4.18. The van der Waals surface area contributed by atoms with E-state index in [4.69, 9.17) is 0 Å². The van der Waals surface area contributed by atoms with Gasteiger partial charge < -0.3 is 9.80 Å². The number of amides is 2. The molecule has 0 aromatic carbocycles. The van der Waals surface area contributed by atoms with Crippen molar-refractivity contribution in [1.82, 2.24) is 9.80 Å². The summed E-state index contributed by atoms with van der Waals surface area (Å²) in [5.41, 5.74) is 0. The molecule has 68 valence electrons. The van der Waals surface area contributed by atoms with Crippen molar-refractivity contribution in [2.45, 2.75) is 13.8 Å². The highest BCUT2D eigenvalue weighted by Gasteiger charge is 2.23. The second-order valence-corrected chi connectivity index (χ2v) is 2.91. The molecule has 2 amide bonds. The Morgan fingerprint density at radius 2 is 2.17 bits per heavy atom. The number of hydrogen-bond donors (Lipinski definition) is 0. The SMILES string of the molecule is CCN1CCN(C(C)=O)CC1=O. The van der Waals surface area contributed by atoms with Gasteiger partial charge in [0, 0.05) is 26.6 Å². The summed E-state index contributed by atoms with van der Waals surface area (Å²) in [6.07, 6.45) is 0. The van der Waals surface area contributed by atoms with E-state index in [1.807, 2.05) is 6.92 Å². The van der Waals surface area contributed by atoms with Gasteiger partial charge in [0.15, 0.2) is 0 Å². The van der Waals surface area contributed by atoms with Crippen LogP contribution in [0.4, 0.5) is 0 Å². The topological polar surface area (TPSA) is 40.6 Å². The molecule has 0 spiro atoms. The van der Waals surface area contributed by atoms with Crippen LogP contribution in [0.15, 0.2) is 0 Å². The minimum Gasteiger partial charge on any atom is -0.340 e. The molecule has 1 fully saturated rings. The summed E-state index contributed by atoms with van der Waals surface area (Å²) in [5.74, 6) is 0.0399. The zero-order valence-corrected chi connectivity index (χ0v) is 7.54. The molecule has 1 aliphatic heterocycles. The summed E-state index contributed by atoms with van der Waals surface area (Å²) in [6.45, 7) is 5.79. The van der Waals surface area contributed by atoms with Crippen LogP contribution in [0, 0.1) is 0 Å². The Balaban J connectivity index is 2.52. The molecule has 1 heterocycles. The molecule has 4 nitrogen and oxygen atoms in total. The highest BCUT2D eigenvalue weighted by molar-refractivity contribution is 5.84. The van der Waals surface area contributed by atoms with Gasteiger partial charge in [0.2, 0.25) is 11.8 Å². The van der Waals surface area contributed by atoms with Crippen LogP contribution >= 0.6 is 0 Å². The normalized spacial score (nSPS) is 18.3. The summed E-state index contributed by atoms with van der Waals surface area (Å²) in [7, 11) is 0. The van der Waals surface area contributed by atoms with Gasteiger partial charge in [0.05, 0.1) is 6.54 Å². The van der Waals surface area contributed by atoms with Crippen molar-refractivity contribution in [2.75, 3.05) is 26.2 Å². The first-order valence-corrected chi connectivity index (χ1v) is 4.18. The summed E-state index contributed by atoms with van der Waals surface area (Å²) in [6, 6.07) is 0. The first kappa shape index (κ1) is 9.03. The van der Waals surface area contributed by atoms with Gasteiger partial charge in [0.25, 0.3) is 0 Å². The third kappa shape index (κ3) is 1.75. The van der Waals surface area contributed by atoms with Crippen LogP contribution < -0.4 is 0 Å². The lowest BCUT2D eigenvalue weighted by Gasteiger charge is -2.32. The number of rotatable bonds is 1. The van der Waals surface area contributed by atoms with Crippen molar-refractivity contribution in [3.05, 3.63) is 0 Å². The Hall–Kier alpha value is -1.06. The molecule has 1 saturated heterocycles. The summed E-state index contributed by atoms with van der Waals surface area (Å²) in [5, 5.41) is 0. The largest absolute Gasteiger partial charge is 0.340 e. The molecule has 0 aromatic rings. The van der Waals surface area contributed by atoms with Crippen molar-refractivity contribution in [3.63, 3.8) is 0 Å². The van der Waals surface area contributed by atoms with Crippen LogP contribution in [0.25, 0.3) is 0 Å². The fraction of sp³-hybridized carbons (Fsp3) is 0.750. The van der Waals surface area contributed by atoms with Crippen LogP contribution in [0.2, 0.25) is 0 Å². The third-order valence-electron chi connectivity index (χ3n) is 2.15. The predicted octanol–water partition coefficient (Wildman–Crippen LogP) is -0.303. The lowest BCUT2D eigenvalue weighted by Crippen LogP contribution is -2.51. The quantitative estimate of drug-likeness (QED) is 0.542. The Morgan fingerprint density at radius 1 is 1.50 bits per heavy atom. The van der Waals surface area contributed by atoms with Crippen LogP contribution in [-0.4, -0.2) is 47.8 Å². The fourth-order valence-corrected chi connectivity index (χ4v) is 1.31. The number of likely N-dealkylation sites (N-methyl/N-ethyl adjacent to an activating group) is 1. The number of carbonyl (C=O) groups excluding carboxylic acids is 2. The van der Waals surface area contributed by atoms with Crippen molar-refractivity contribution in [3.8, 4) is 0 Å². The Kier molecular flexibility index (Phi) is 2.68. The smallest absolute Gasteiger partial charge is 0.242 e. The number of carbonyl (C=O) groups is 2. The second-order valence-electron chi connectivity index (χ2n) is 2.91. The maximum absolute atomic E-state index is 11.3. The van der Waals surface area contributed by atoms with Gasteiger partial charge in [-0.15, -0.1) is 0 Å². The minimum absolute atomic E-state index is 0.0147. The summed E-state index contributed by atoms with van der Waals surface area (Å²) < 4.78 is 0. The molecule has 0 aromatic heterocycles. The van der Waals surface area contributed by atoms with Crippen molar-refractivity contribution in [2.24, 2.45) is 0 Å². The lowest BCUT2D eigenvalue weighted by molar-refractivity contribution is -0.143. The van der Waals surface area contributed by atoms with Crippen LogP contribution in [0.1, 0.15) is 13.8 Å². The maximum atomic E-state index is 11.3. The van der Waals surface area contributed by atoms with Gasteiger partial charge in [-0.3, -0.25) is 9.59 Å². The van der Waals surface area contributed by atoms with E-state index in [9.17, 15) is 9.59 Å². The zero-order valence-electron chi connectivity index (χ0n) is 7.54.